The van der Waals surface area contributed by atoms with E-state index in [1.54, 1.807) is 48.7 Å². The van der Waals surface area contributed by atoms with Crippen LogP contribution in [-0.4, -0.2) is 21.0 Å². The lowest BCUT2D eigenvalue weighted by atomic mass is 10.1. The number of aryl methyl sites for hydroxylation is 1. The second kappa shape index (κ2) is 8.05. The number of nitro benzene ring substituents is 1. The second-order valence-corrected chi connectivity index (χ2v) is 7.50. The first kappa shape index (κ1) is 19.7. The van der Waals surface area contributed by atoms with Crippen LogP contribution in [0.1, 0.15) is 16.1 Å². The van der Waals surface area contributed by atoms with Crippen LogP contribution in [0.4, 0.5) is 10.8 Å². The van der Waals surface area contributed by atoms with Crippen LogP contribution >= 0.6 is 22.9 Å². The number of nitrogens with zero attached hydrogens (tertiary/aromatic N) is 3. The summed E-state index contributed by atoms with van der Waals surface area (Å²) in [5.41, 5.74) is 2.51. The number of carbonyl (C=O) groups is 1. The third kappa shape index (κ3) is 3.80. The molecule has 4 rings (SSSR count). The van der Waals surface area contributed by atoms with E-state index in [0.29, 0.717) is 38.4 Å². The predicted molar refractivity (Wildman–Crippen MR) is 114 cm³/mol. The largest absolute Gasteiger partial charge is 0.360 e. The molecule has 10 heteroatoms. The molecule has 4 aromatic rings. The molecule has 1 amide bonds. The average Bonchev–Trinajstić information content (AvgIpc) is 3.35. The molecule has 0 aliphatic carbocycles. The standard InChI is InChI=1S/C20H13ClN4O4S/c1-11-17(18(24-29-11)14-4-2-3-5-15(14)21)19(26)23-20-22-16(10-30-20)12-6-8-13(9-7-12)25(27)28/h2-10H,1H3,(H,22,23,26). The van der Waals surface area contributed by atoms with E-state index in [9.17, 15) is 14.9 Å². The van der Waals surface area contributed by atoms with Gasteiger partial charge in [0, 0.05) is 28.6 Å². The molecule has 0 aliphatic heterocycles. The fourth-order valence-electron chi connectivity index (χ4n) is 2.85. The predicted octanol–water partition coefficient (Wildman–Crippen LogP) is 5.59. The molecule has 0 bridgehead atoms. The van der Waals surface area contributed by atoms with Gasteiger partial charge >= 0.3 is 0 Å². The van der Waals surface area contributed by atoms with Gasteiger partial charge < -0.3 is 4.52 Å². The average molecular weight is 441 g/mol. The highest BCUT2D eigenvalue weighted by Gasteiger charge is 2.24. The molecule has 0 atom stereocenters. The number of benzene rings is 2. The van der Waals surface area contributed by atoms with Gasteiger partial charge in [-0.25, -0.2) is 4.98 Å². The summed E-state index contributed by atoms with van der Waals surface area (Å²) in [5, 5.41) is 20.1. The van der Waals surface area contributed by atoms with Gasteiger partial charge in [0.05, 0.1) is 15.6 Å². The number of hydrogen-bond acceptors (Lipinski definition) is 7. The zero-order valence-electron chi connectivity index (χ0n) is 15.5. The molecular formula is C20H13ClN4O4S. The summed E-state index contributed by atoms with van der Waals surface area (Å²) >= 11 is 7.48. The van der Waals surface area contributed by atoms with Crippen LogP contribution < -0.4 is 5.32 Å². The minimum Gasteiger partial charge on any atom is -0.360 e. The molecule has 0 fully saturated rings. The van der Waals surface area contributed by atoms with E-state index in [4.69, 9.17) is 16.1 Å². The van der Waals surface area contributed by atoms with Crippen LogP contribution in [0.5, 0.6) is 0 Å². The summed E-state index contributed by atoms with van der Waals surface area (Å²) in [6.07, 6.45) is 0. The number of thiazole rings is 1. The highest BCUT2D eigenvalue weighted by Crippen LogP contribution is 2.32. The lowest BCUT2D eigenvalue weighted by Gasteiger charge is -2.04. The summed E-state index contributed by atoms with van der Waals surface area (Å²) in [6.45, 7) is 1.65. The van der Waals surface area contributed by atoms with Gasteiger partial charge in [-0.05, 0) is 25.1 Å². The highest BCUT2D eigenvalue weighted by atomic mass is 35.5. The number of anilines is 1. The van der Waals surface area contributed by atoms with E-state index < -0.39 is 10.8 Å². The maximum absolute atomic E-state index is 12.9. The Kier molecular flexibility index (Phi) is 5.30. The molecule has 0 saturated heterocycles. The van der Waals surface area contributed by atoms with Crippen molar-refractivity contribution >= 4 is 39.7 Å². The minimum absolute atomic E-state index is 0.00228. The maximum atomic E-state index is 12.9. The first-order valence-electron chi connectivity index (χ1n) is 8.67. The van der Waals surface area contributed by atoms with Crippen molar-refractivity contribution in [2.45, 2.75) is 6.92 Å². The van der Waals surface area contributed by atoms with Gasteiger partial charge in [-0.3, -0.25) is 20.2 Å². The SMILES string of the molecule is Cc1onc(-c2ccccc2Cl)c1C(=O)Nc1nc(-c2ccc([N+](=O)[O-])cc2)cs1. The van der Waals surface area contributed by atoms with Crippen LogP contribution in [0.2, 0.25) is 5.02 Å². The van der Waals surface area contributed by atoms with Crippen molar-refractivity contribution in [2.24, 2.45) is 0 Å². The number of hydrogen-bond donors (Lipinski definition) is 1. The number of nitrogens with one attached hydrogen (secondary N) is 1. The van der Waals surface area contributed by atoms with Gasteiger partial charge in [0.2, 0.25) is 0 Å². The van der Waals surface area contributed by atoms with Crippen molar-refractivity contribution in [3.05, 3.63) is 80.4 Å². The van der Waals surface area contributed by atoms with Crippen molar-refractivity contribution in [3.63, 3.8) is 0 Å². The third-order valence-corrected chi connectivity index (χ3v) is 5.40. The summed E-state index contributed by atoms with van der Waals surface area (Å²) in [4.78, 5) is 27.6. The van der Waals surface area contributed by atoms with E-state index in [1.807, 2.05) is 0 Å². The topological polar surface area (TPSA) is 111 Å². The Labute approximate surface area is 179 Å². The van der Waals surface area contributed by atoms with Crippen molar-refractivity contribution < 1.29 is 14.2 Å². The Balaban J connectivity index is 1.58. The number of non-ortho nitro benzene ring substituents is 1. The van der Waals surface area contributed by atoms with Crippen molar-refractivity contribution in [1.29, 1.82) is 0 Å². The number of halogens is 1. The number of nitro groups is 1. The van der Waals surface area contributed by atoms with E-state index in [0.717, 1.165) is 0 Å². The first-order chi connectivity index (χ1) is 14.4. The maximum Gasteiger partial charge on any atom is 0.269 e. The monoisotopic (exact) mass is 440 g/mol. The highest BCUT2D eigenvalue weighted by molar-refractivity contribution is 7.14. The number of aromatic nitrogens is 2. The molecular weight excluding hydrogens is 428 g/mol. The van der Waals surface area contributed by atoms with Crippen LogP contribution in [0, 0.1) is 17.0 Å². The lowest BCUT2D eigenvalue weighted by Crippen LogP contribution is -2.13. The van der Waals surface area contributed by atoms with Gasteiger partial charge in [0.1, 0.15) is 17.0 Å². The van der Waals surface area contributed by atoms with Crippen molar-refractivity contribution in [2.75, 3.05) is 5.32 Å². The molecule has 0 radical (unpaired) electrons. The number of carbonyl (C=O) groups excluding carboxylic acids is 1. The van der Waals surface area contributed by atoms with Crippen LogP contribution in [0.25, 0.3) is 22.5 Å². The van der Waals surface area contributed by atoms with Crippen molar-refractivity contribution in [3.8, 4) is 22.5 Å². The van der Waals surface area contributed by atoms with Gasteiger partial charge in [-0.2, -0.15) is 0 Å². The zero-order chi connectivity index (χ0) is 21.3. The third-order valence-electron chi connectivity index (χ3n) is 4.32. The molecule has 0 spiro atoms. The van der Waals surface area contributed by atoms with Crippen LogP contribution in [-0.2, 0) is 0 Å². The molecule has 150 valence electrons. The Morgan fingerprint density at radius 1 is 1.20 bits per heavy atom. The van der Waals surface area contributed by atoms with Crippen LogP contribution in [0.3, 0.4) is 0 Å². The van der Waals surface area contributed by atoms with Crippen LogP contribution in [0.15, 0.2) is 58.4 Å². The summed E-state index contributed by atoms with van der Waals surface area (Å²) in [6, 6.07) is 13.1. The zero-order valence-corrected chi connectivity index (χ0v) is 17.0. The molecule has 2 aromatic carbocycles. The Morgan fingerprint density at radius 2 is 1.93 bits per heavy atom. The molecule has 0 aliphatic rings. The molecule has 0 saturated carbocycles. The summed E-state index contributed by atoms with van der Waals surface area (Å²) in [7, 11) is 0. The van der Waals surface area contributed by atoms with E-state index in [2.05, 4.69) is 15.5 Å². The van der Waals surface area contributed by atoms with Gasteiger partial charge in [-0.15, -0.1) is 11.3 Å². The lowest BCUT2D eigenvalue weighted by molar-refractivity contribution is -0.384. The smallest absolute Gasteiger partial charge is 0.269 e. The first-order valence-corrected chi connectivity index (χ1v) is 9.92. The van der Waals surface area contributed by atoms with Crippen molar-refractivity contribution in [1.82, 2.24) is 10.1 Å². The fraction of sp³-hybridized carbons (Fsp3) is 0.0500. The molecule has 2 heterocycles. The number of rotatable bonds is 5. The van der Waals surface area contributed by atoms with Gasteiger partial charge in [-0.1, -0.05) is 35.0 Å². The Bertz CT molecular complexity index is 1250. The quantitative estimate of drug-likeness (QED) is 0.320. The molecule has 2 aromatic heterocycles. The Hall–Kier alpha value is -3.56. The van der Waals surface area contributed by atoms with Gasteiger partial charge in [0.15, 0.2) is 5.13 Å². The van der Waals surface area contributed by atoms with E-state index >= 15 is 0 Å². The summed E-state index contributed by atoms with van der Waals surface area (Å²) < 4.78 is 5.23. The second-order valence-electron chi connectivity index (χ2n) is 6.24. The molecule has 1 N–H and O–H groups in total. The fourth-order valence-corrected chi connectivity index (χ4v) is 3.79. The number of amides is 1. The minimum atomic E-state index is -0.464. The van der Waals surface area contributed by atoms with E-state index in [-0.39, 0.29) is 11.3 Å². The Morgan fingerprint density at radius 3 is 2.63 bits per heavy atom. The van der Waals surface area contributed by atoms with Gasteiger partial charge in [0.25, 0.3) is 11.6 Å². The molecule has 8 nitrogen and oxygen atoms in total. The molecule has 30 heavy (non-hydrogen) atoms. The summed E-state index contributed by atoms with van der Waals surface area (Å²) in [5.74, 6) is -0.0668. The normalized spacial score (nSPS) is 10.7. The van der Waals surface area contributed by atoms with E-state index in [1.165, 1.54) is 23.5 Å². The molecule has 0 unspecified atom stereocenters.